The van der Waals surface area contributed by atoms with Gasteiger partial charge in [0.2, 0.25) is 0 Å². The molecule has 0 saturated carbocycles. The molecule has 0 unspecified atom stereocenters. The van der Waals surface area contributed by atoms with E-state index < -0.39 is 0 Å². The van der Waals surface area contributed by atoms with E-state index in [1.54, 1.807) is 0 Å². The Bertz CT molecular complexity index is 182. The Balaban J connectivity index is 2.72. The van der Waals surface area contributed by atoms with Gasteiger partial charge in [-0.3, -0.25) is 0 Å². The molecule has 0 nitrogen and oxygen atoms in total. The molecular weight excluding hydrogens is 166 g/mol. The van der Waals surface area contributed by atoms with Crippen molar-refractivity contribution in [3.63, 3.8) is 0 Å². The second-order valence-corrected chi connectivity index (χ2v) is 3.58. The van der Waals surface area contributed by atoms with Gasteiger partial charge >= 0.3 is 5.54 Å². The summed E-state index contributed by atoms with van der Waals surface area (Å²) in [5.41, 5.74) is 2.17. The summed E-state index contributed by atoms with van der Waals surface area (Å²) in [6, 6.07) is 0. The zero-order valence-electron chi connectivity index (χ0n) is 5.90. The van der Waals surface area contributed by atoms with Crippen LogP contribution in [0.4, 0.5) is 0 Å². The standard InChI is InChI=1S/C7H9BCl2/c1-6-4-2-3-5-7(6)8(9)10/h2-3H,4-5H2,1H3. The van der Waals surface area contributed by atoms with Gasteiger partial charge in [0.25, 0.3) is 0 Å². The molecule has 0 aliphatic heterocycles. The molecule has 0 heterocycles. The van der Waals surface area contributed by atoms with E-state index in [0.29, 0.717) is 0 Å². The number of allylic oxidation sites excluding steroid dienone is 4. The Morgan fingerprint density at radius 3 is 2.30 bits per heavy atom. The average Bonchev–Trinajstić information content (AvgIpc) is 1.88. The van der Waals surface area contributed by atoms with E-state index in [9.17, 15) is 0 Å². The molecule has 0 aromatic carbocycles. The summed E-state index contributed by atoms with van der Waals surface area (Å²) >= 11 is 11.5. The van der Waals surface area contributed by atoms with E-state index in [2.05, 4.69) is 19.1 Å². The second kappa shape index (κ2) is 3.50. The van der Waals surface area contributed by atoms with Crippen LogP contribution in [0.15, 0.2) is 23.2 Å². The first kappa shape index (κ1) is 8.22. The first-order valence-electron chi connectivity index (χ1n) is 3.33. The maximum Gasteiger partial charge on any atom is 0.379 e. The zero-order chi connectivity index (χ0) is 7.56. The van der Waals surface area contributed by atoms with Crippen molar-refractivity contribution < 1.29 is 0 Å². The summed E-state index contributed by atoms with van der Waals surface area (Å²) in [5.74, 6) is 0. The van der Waals surface area contributed by atoms with E-state index in [0.717, 1.165) is 12.8 Å². The SMILES string of the molecule is CC1=C(B(Cl)Cl)CC=CC1. The topological polar surface area (TPSA) is 0 Å². The number of rotatable bonds is 1. The molecule has 0 amide bonds. The first-order valence-corrected chi connectivity index (χ1v) is 4.20. The molecule has 3 heteroatoms. The van der Waals surface area contributed by atoms with Crippen LogP contribution in [0, 0.1) is 0 Å². The van der Waals surface area contributed by atoms with Crippen LogP contribution in [0.5, 0.6) is 0 Å². The molecule has 0 atom stereocenters. The van der Waals surface area contributed by atoms with Crippen molar-refractivity contribution in [2.75, 3.05) is 0 Å². The molecule has 0 spiro atoms. The van der Waals surface area contributed by atoms with Gasteiger partial charge in [-0.1, -0.05) is 23.2 Å². The average molecular weight is 175 g/mol. The molecule has 0 saturated heterocycles. The fourth-order valence-corrected chi connectivity index (χ4v) is 1.60. The van der Waals surface area contributed by atoms with Gasteiger partial charge in [0.15, 0.2) is 0 Å². The van der Waals surface area contributed by atoms with Crippen LogP contribution in [0.3, 0.4) is 0 Å². The third-order valence-electron chi connectivity index (χ3n) is 1.74. The highest BCUT2D eigenvalue weighted by atomic mass is 35.5. The fourth-order valence-electron chi connectivity index (χ4n) is 1.05. The van der Waals surface area contributed by atoms with Gasteiger partial charge in [-0.05, 0) is 19.8 Å². The van der Waals surface area contributed by atoms with Crippen LogP contribution in [0.1, 0.15) is 19.8 Å². The normalized spacial score (nSPS) is 17.9. The lowest BCUT2D eigenvalue weighted by atomic mass is 9.82. The predicted octanol–water partition coefficient (Wildman–Crippen LogP) is 3.16. The van der Waals surface area contributed by atoms with Crippen LogP contribution in [0.25, 0.3) is 0 Å². The van der Waals surface area contributed by atoms with E-state index in [4.69, 9.17) is 22.9 Å². The lowest BCUT2D eigenvalue weighted by Gasteiger charge is -2.11. The highest BCUT2D eigenvalue weighted by Crippen LogP contribution is 2.24. The van der Waals surface area contributed by atoms with Crippen LogP contribution in [-0.2, 0) is 0 Å². The van der Waals surface area contributed by atoms with Crippen LogP contribution in [-0.4, -0.2) is 5.54 Å². The van der Waals surface area contributed by atoms with Crippen molar-refractivity contribution in [3.8, 4) is 0 Å². The van der Waals surface area contributed by atoms with Gasteiger partial charge < -0.3 is 0 Å². The molecular formula is C7H9BCl2. The Morgan fingerprint density at radius 1 is 1.30 bits per heavy atom. The molecule has 1 rings (SSSR count). The number of hydrogen-bond donors (Lipinski definition) is 0. The highest BCUT2D eigenvalue weighted by Gasteiger charge is 2.15. The quantitative estimate of drug-likeness (QED) is 0.424. The highest BCUT2D eigenvalue weighted by molar-refractivity contribution is 7.37. The molecule has 1 aliphatic carbocycles. The molecule has 0 aromatic rings. The number of hydrogen-bond acceptors (Lipinski definition) is 0. The van der Waals surface area contributed by atoms with E-state index >= 15 is 0 Å². The molecule has 1 aliphatic rings. The Morgan fingerprint density at radius 2 is 1.90 bits per heavy atom. The minimum Gasteiger partial charge on any atom is -0.165 e. The van der Waals surface area contributed by atoms with Crippen molar-refractivity contribution in [1.82, 2.24) is 0 Å². The third kappa shape index (κ3) is 1.80. The first-order chi connectivity index (χ1) is 4.72. The molecule has 10 heavy (non-hydrogen) atoms. The Hall–Kier alpha value is 0.125. The van der Waals surface area contributed by atoms with Gasteiger partial charge in [-0.2, -0.15) is 22.9 Å². The summed E-state index contributed by atoms with van der Waals surface area (Å²) in [7, 11) is 0. The zero-order valence-corrected chi connectivity index (χ0v) is 7.41. The van der Waals surface area contributed by atoms with Gasteiger partial charge in [-0.15, -0.1) is 0 Å². The summed E-state index contributed by atoms with van der Waals surface area (Å²) in [6.07, 6.45) is 6.18. The lowest BCUT2D eigenvalue weighted by Crippen LogP contribution is -2.04. The van der Waals surface area contributed by atoms with Crippen molar-refractivity contribution in [2.45, 2.75) is 19.8 Å². The minimum atomic E-state index is -0.315. The minimum absolute atomic E-state index is 0.315. The molecule has 0 radical (unpaired) electrons. The molecule has 0 bridgehead atoms. The largest absolute Gasteiger partial charge is 0.379 e. The smallest absolute Gasteiger partial charge is 0.165 e. The van der Waals surface area contributed by atoms with Crippen LogP contribution in [0.2, 0.25) is 0 Å². The maximum absolute atomic E-state index is 5.73. The van der Waals surface area contributed by atoms with Crippen molar-refractivity contribution in [3.05, 3.63) is 23.2 Å². The third-order valence-corrected chi connectivity index (χ3v) is 2.27. The molecule has 54 valence electrons. The predicted molar refractivity (Wildman–Crippen MR) is 48.5 cm³/mol. The van der Waals surface area contributed by atoms with Crippen LogP contribution < -0.4 is 0 Å². The molecule has 0 aromatic heterocycles. The second-order valence-electron chi connectivity index (χ2n) is 2.49. The maximum atomic E-state index is 5.73. The number of halogens is 2. The molecule has 0 N–H and O–H groups in total. The summed E-state index contributed by atoms with van der Waals surface area (Å²) in [6.45, 7) is 2.08. The summed E-state index contributed by atoms with van der Waals surface area (Å²) < 4.78 is 0. The van der Waals surface area contributed by atoms with Crippen LogP contribution >= 0.6 is 22.9 Å². The Labute approximate surface area is 71.8 Å². The summed E-state index contributed by atoms with van der Waals surface area (Å²) in [4.78, 5) is 0. The van der Waals surface area contributed by atoms with Gasteiger partial charge in [0, 0.05) is 0 Å². The molecule has 0 fully saturated rings. The Kier molecular flexibility index (Phi) is 2.88. The van der Waals surface area contributed by atoms with Gasteiger partial charge in [0.1, 0.15) is 0 Å². The van der Waals surface area contributed by atoms with Gasteiger partial charge in [-0.25, -0.2) is 0 Å². The van der Waals surface area contributed by atoms with E-state index in [1.807, 2.05) is 0 Å². The van der Waals surface area contributed by atoms with E-state index in [-0.39, 0.29) is 5.54 Å². The van der Waals surface area contributed by atoms with E-state index in [1.165, 1.54) is 11.0 Å². The monoisotopic (exact) mass is 174 g/mol. The van der Waals surface area contributed by atoms with Crippen molar-refractivity contribution in [1.29, 1.82) is 0 Å². The fraction of sp³-hybridized carbons (Fsp3) is 0.429. The van der Waals surface area contributed by atoms with Crippen molar-refractivity contribution >= 4 is 28.5 Å². The van der Waals surface area contributed by atoms with Crippen molar-refractivity contribution in [2.24, 2.45) is 0 Å². The van der Waals surface area contributed by atoms with Gasteiger partial charge in [0.05, 0.1) is 0 Å². The lowest BCUT2D eigenvalue weighted by molar-refractivity contribution is 1.09. The summed E-state index contributed by atoms with van der Waals surface area (Å²) in [5, 5.41) is 0.